The Morgan fingerprint density at radius 2 is 1.97 bits per heavy atom. The molecular weight excluding hydrogens is 392 g/mol. The maximum atomic E-state index is 11.3. The van der Waals surface area contributed by atoms with Crippen LogP contribution in [0.1, 0.15) is 56.7 Å². The van der Waals surface area contributed by atoms with Crippen molar-refractivity contribution in [1.82, 2.24) is 20.4 Å². The lowest BCUT2D eigenvalue weighted by Crippen LogP contribution is -2.44. The fourth-order valence-corrected chi connectivity index (χ4v) is 4.64. The highest BCUT2D eigenvalue weighted by atomic mass is 16.3. The quantitative estimate of drug-likeness (QED) is 0.297. The number of hydrogen-bond acceptors (Lipinski definition) is 5. The van der Waals surface area contributed by atoms with E-state index in [9.17, 15) is 4.79 Å². The van der Waals surface area contributed by atoms with Crippen molar-refractivity contribution in [3.05, 3.63) is 24.2 Å². The number of likely N-dealkylation sites (tertiary alicyclic amines) is 2. The van der Waals surface area contributed by atoms with Gasteiger partial charge in [-0.05, 0) is 83.4 Å². The van der Waals surface area contributed by atoms with Gasteiger partial charge in [-0.25, -0.2) is 0 Å². The van der Waals surface area contributed by atoms with E-state index in [0.717, 1.165) is 83.2 Å². The van der Waals surface area contributed by atoms with E-state index in [1.165, 1.54) is 19.3 Å². The molecule has 31 heavy (non-hydrogen) atoms. The minimum atomic E-state index is -0.141. The molecular formula is C23H40N6O2. The van der Waals surface area contributed by atoms with Crippen molar-refractivity contribution in [3.8, 4) is 0 Å². The molecule has 0 spiro atoms. The average molecular weight is 433 g/mol. The van der Waals surface area contributed by atoms with Crippen molar-refractivity contribution in [1.29, 1.82) is 0 Å². The number of nitrogens with zero attached hydrogens (tertiary/aromatic N) is 3. The van der Waals surface area contributed by atoms with Crippen molar-refractivity contribution in [2.45, 2.75) is 51.0 Å². The monoisotopic (exact) mass is 432 g/mol. The number of aliphatic imine (C=N–C) groups is 1. The number of carbonyl (C=O) groups excluding carboxylic acids is 1. The molecule has 1 aromatic rings. The highest BCUT2D eigenvalue weighted by Gasteiger charge is 2.25. The Bertz CT molecular complexity index is 664. The summed E-state index contributed by atoms with van der Waals surface area (Å²) in [5, 5.41) is 6.94. The lowest BCUT2D eigenvalue weighted by Gasteiger charge is -2.33. The number of piperidine rings is 2. The molecule has 2 fully saturated rings. The van der Waals surface area contributed by atoms with Gasteiger partial charge in [0.2, 0.25) is 5.91 Å². The van der Waals surface area contributed by atoms with Crippen LogP contribution in [0, 0.1) is 5.92 Å². The number of hydrogen-bond donors (Lipinski definition) is 3. The standard InChI is InChI=1S/C23H40N6O2/c1-25-23(26-11-3-6-12-28-15-9-19(10-16-28)22(24)30)27-18-20(21-8-7-17-31-21)29-13-4-2-5-14-29/h7-8,17,19-20H,2-6,9-16,18H2,1H3,(H2,24,30)(H2,25,26,27). The largest absolute Gasteiger partial charge is 0.468 e. The summed E-state index contributed by atoms with van der Waals surface area (Å²) < 4.78 is 5.73. The fourth-order valence-electron chi connectivity index (χ4n) is 4.64. The molecule has 3 heterocycles. The SMILES string of the molecule is CN=C(NCCCCN1CCC(C(N)=O)CC1)NCC(c1ccco1)N1CCCCC1. The predicted molar refractivity (Wildman–Crippen MR) is 124 cm³/mol. The number of rotatable bonds is 10. The normalized spacial score (nSPS) is 20.5. The van der Waals surface area contributed by atoms with E-state index < -0.39 is 0 Å². The summed E-state index contributed by atoms with van der Waals surface area (Å²) in [6, 6.07) is 4.27. The second-order valence-corrected chi connectivity index (χ2v) is 8.73. The van der Waals surface area contributed by atoms with E-state index in [1.807, 2.05) is 13.1 Å². The average Bonchev–Trinajstić information content (AvgIpc) is 3.33. The predicted octanol–water partition coefficient (Wildman–Crippen LogP) is 1.95. The summed E-state index contributed by atoms with van der Waals surface area (Å²) in [7, 11) is 1.82. The molecule has 2 aliphatic rings. The summed E-state index contributed by atoms with van der Waals surface area (Å²) in [6.07, 6.45) is 9.61. The number of guanidine groups is 1. The zero-order valence-electron chi connectivity index (χ0n) is 19.0. The minimum Gasteiger partial charge on any atom is -0.468 e. The van der Waals surface area contributed by atoms with Gasteiger partial charge in [-0.2, -0.15) is 0 Å². The Hall–Kier alpha value is -2.06. The molecule has 0 aliphatic carbocycles. The molecule has 3 rings (SSSR count). The maximum Gasteiger partial charge on any atom is 0.220 e. The zero-order valence-corrected chi connectivity index (χ0v) is 19.0. The molecule has 1 amide bonds. The van der Waals surface area contributed by atoms with Crippen LogP contribution in [0.25, 0.3) is 0 Å². The van der Waals surface area contributed by atoms with Crippen molar-refractivity contribution in [2.75, 3.05) is 52.9 Å². The van der Waals surface area contributed by atoms with Gasteiger partial charge in [0.1, 0.15) is 5.76 Å². The van der Waals surface area contributed by atoms with Crippen molar-refractivity contribution < 1.29 is 9.21 Å². The van der Waals surface area contributed by atoms with Crippen LogP contribution in [0.5, 0.6) is 0 Å². The van der Waals surface area contributed by atoms with E-state index in [2.05, 4.69) is 31.5 Å². The van der Waals surface area contributed by atoms with E-state index in [0.29, 0.717) is 0 Å². The van der Waals surface area contributed by atoms with Crippen LogP contribution >= 0.6 is 0 Å². The maximum absolute atomic E-state index is 11.3. The lowest BCUT2D eigenvalue weighted by atomic mass is 9.96. The Balaban J connectivity index is 1.34. The molecule has 0 radical (unpaired) electrons. The third kappa shape index (κ3) is 7.54. The van der Waals surface area contributed by atoms with Gasteiger partial charge in [0, 0.05) is 26.1 Å². The molecule has 0 bridgehead atoms. The summed E-state index contributed by atoms with van der Waals surface area (Å²) in [4.78, 5) is 20.6. The molecule has 4 N–H and O–H groups in total. The van der Waals surface area contributed by atoms with Crippen LogP contribution in [0.3, 0.4) is 0 Å². The van der Waals surface area contributed by atoms with Gasteiger partial charge >= 0.3 is 0 Å². The first-order chi connectivity index (χ1) is 15.2. The Morgan fingerprint density at radius 1 is 1.19 bits per heavy atom. The van der Waals surface area contributed by atoms with Crippen LogP contribution in [0.2, 0.25) is 0 Å². The minimum absolute atomic E-state index is 0.0715. The van der Waals surface area contributed by atoms with Gasteiger partial charge < -0.3 is 25.7 Å². The molecule has 8 heteroatoms. The first-order valence-electron chi connectivity index (χ1n) is 11.9. The van der Waals surface area contributed by atoms with Gasteiger partial charge in [0.25, 0.3) is 0 Å². The number of carbonyl (C=O) groups is 1. The third-order valence-electron chi connectivity index (χ3n) is 6.57. The summed E-state index contributed by atoms with van der Waals surface area (Å²) in [5.74, 6) is 1.79. The number of primary amides is 1. The fraction of sp³-hybridized carbons (Fsp3) is 0.739. The molecule has 2 aliphatic heterocycles. The topological polar surface area (TPSA) is 99.1 Å². The summed E-state index contributed by atoms with van der Waals surface area (Å²) in [5.41, 5.74) is 5.42. The number of amides is 1. The van der Waals surface area contributed by atoms with Crippen LogP contribution in [0.15, 0.2) is 27.8 Å². The van der Waals surface area contributed by atoms with Gasteiger partial charge in [-0.15, -0.1) is 0 Å². The van der Waals surface area contributed by atoms with E-state index >= 15 is 0 Å². The Kier molecular flexibility index (Phi) is 9.68. The molecule has 1 atom stereocenters. The first kappa shape index (κ1) is 23.6. The zero-order chi connectivity index (χ0) is 21.9. The van der Waals surface area contributed by atoms with Crippen molar-refractivity contribution in [2.24, 2.45) is 16.6 Å². The lowest BCUT2D eigenvalue weighted by molar-refractivity contribution is -0.123. The van der Waals surface area contributed by atoms with E-state index in [1.54, 1.807) is 6.26 Å². The second kappa shape index (κ2) is 12.7. The van der Waals surface area contributed by atoms with Crippen LogP contribution in [-0.4, -0.2) is 74.5 Å². The van der Waals surface area contributed by atoms with E-state index in [-0.39, 0.29) is 17.9 Å². The van der Waals surface area contributed by atoms with Gasteiger partial charge in [-0.3, -0.25) is 14.7 Å². The third-order valence-corrected chi connectivity index (χ3v) is 6.57. The Morgan fingerprint density at radius 3 is 2.61 bits per heavy atom. The van der Waals surface area contributed by atoms with E-state index in [4.69, 9.17) is 10.2 Å². The highest BCUT2D eigenvalue weighted by Crippen LogP contribution is 2.24. The van der Waals surface area contributed by atoms with Crippen molar-refractivity contribution >= 4 is 11.9 Å². The van der Waals surface area contributed by atoms with Crippen LogP contribution in [0.4, 0.5) is 0 Å². The van der Waals surface area contributed by atoms with Crippen molar-refractivity contribution in [3.63, 3.8) is 0 Å². The summed E-state index contributed by atoms with van der Waals surface area (Å²) >= 11 is 0. The second-order valence-electron chi connectivity index (χ2n) is 8.73. The number of nitrogens with one attached hydrogen (secondary N) is 2. The number of furan rings is 1. The highest BCUT2D eigenvalue weighted by molar-refractivity contribution is 5.79. The number of nitrogens with two attached hydrogens (primary N) is 1. The molecule has 2 saturated heterocycles. The van der Waals surface area contributed by atoms with Crippen LogP contribution < -0.4 is 16.4 Å². The molecule has 8 nitrogen and oxygen atoms in total. The molecule has 1 aromatic heterocycles. The molecule has 1 unspecified atom stereocenters. The molecule has 0 saturated carbocycles. The molecule has 0 aromatic carbocycles. The van der Waals surface area contributed by atoms with Gasteiger partial charge in [0.15, 0.2) is 5.96 Å². The summed E-state index contributed by atoms with van der Waals surface area (Å²) in [6.45, 7) is 6.96. The van der Waals surface area contributed by atoms with Crippen LogP contribution in [-0.2, 0) is 4.79 Å². The Labute approximate surface area is 186 Å². The van der Waals surface area contributed by atoms with Gasteiger partial charge in [-0.1, -0.05) is 6.42 Å². The smallest absolute Gasteiger partial charge is 0.220 e. The first-order valence-corrected chi connectivity index (χ1v) is 11.9. The van der Waals surface area contributed by atoms with Gasteiger partial charge in [0.05, 0.1) is 12.3 Å². The molecule has 174 valence electrons. The number of unbranched alkanes of at least 4 members (excludes halogenated alkanes) is 1.